The third kappa shape index (κ3) is 3.37. The maximum atomic E-state index is 14.2. The second-order valence-corrected chi connectivity index (χ2v) is 7.98. The number of carbonyl (C=O) groups excluding carboxylic acids is 1. The number of carbonyl (C=O) groups is 1. The van der Waals surface area contributed by atoms with Gasteiger partial charge in [0.05, 0.1) is 17.6 Å². The smallest absolute Gasteiger partial charge is 0.261 e. The van der Waals surface area contributed by atoms with Crippen LogP contribution in [0.15, 0.2) is 41.3 Å². The Morgan fingerprint density at radius 2 is 1.96 bits per heavy atom. The lowest BCUT2D eigenvalue weighted by molar-refractivity contribution is 0.0981. The number of amides is 1. The van der Waals surface area contributed by atoms with E-state index in [4.69, 9.17) is 4.74 Å². The van der Waals surface area contributed by atoms with E-state index in [1.54, 1.807) is 12.1 Å². The molecule has 0 aromatic heterocycles. The van der Waals surface area contributed by atoms with Crippen LogP contribution < -0.4 is 9.64 Å². The Balaban J connectivity index is 1.99. The Morgan fingerprint density at radius 1 is 1.20 bits per heavy atom. The van der Waals surface area contributed by atoms with E-state index in [2.05, 4.69) is 0 Å². The van der Waals surface area contributed by atoms with Gasteiger partial charge in [0.15, 0.2) is 9.84 Å². The Labute approximate surface area is 145 Å². The van der Waals surface area contributed by atoms with Crippen LogP contribution in [0.5, 0.6) is 5.75 Å². The molecule has 0 spiro atoms. The minimum Gasteiger partial charge on any atom is -0.497 e. The van der Waals surface area contributed by atoms with Crippen LogP contribution in [0.3, 0.4) is 0 Å². The number of halogens is 1. The van der Waals surface area contributed by atoms with Crippen molar-refractivity contribution in [1.82, 2.24) is 0 Å². The van der Waals surface area contributed by atoms with Gasteiger partial charge in [0.25, 0.3) is 5.91 Å². The molecule has 0 N–H and O–H groups in total. The summed E-state index contributed by atoms with van der Waals surface area (Å²) in [5.74, 6) is -0.761. The maximum Gasteiger partial charge on any atom is 0.261 e. The molecule has 1 heterocycles. The second kappa shape index (κ2) is 6.48. The van der Waals surface area contributed by atoms with Gasteiger partial charge in [0.1, 0.15) is 11.6 Å². The van der Waals surface area contributed by atoms with Gasteiger partial charge in [-0.2, -0.15) is 0 Å². The molecular weight excluding hydrogens is 345 g/mol. The molecule has 1 aliphatic rings. The van der Waals surface area contributed by atoms with Crippen LogP contribution in [0.25, 0.3) is 0 Å². The first-order chi connectivity index (χ1) is 11.8. The Bertz CT molecular complexity index is 940. The van der Waals surface area contributed by atoms with E-state index in [1.165, 1.54) is 36.3 Å². The van der Waals surface area contributed by atoms with Crippen molar-refractivity contribution in [3.8, 4) is 5.75 Å². The summed E-state index contributed by atoms with van der Waals surface area (Å²) in [6.45, 7) is 0.454. The maximum absolute atomic E-state index is 14.2. The highest BCUT2D eigenvalue weighted by molar-refractivity contribution is 7.90. The number of ether oxygens (including phenoxy) is 1. The Kier molecular flexibility index (Phi) is 4.51. The average molecular weight is 363 g/mol. The average Bonchev–Trinajstić information content (AvgIpc) is 2.59. The molecule has 0 saturated heterocycles. The van der Waals surface area contributed by atoms with Crippen LogP contribution in [-0.2, 0) is 16.3 Å². The molecule has 3 rings (SSSR count). The Morgan fingerprint density at radius 3 is 2.60 bits per heavy atom. The van der Waals surface area contributed by atoms with Crippen LogP contribution in [0.2, 0.25) is 0 Å². The number of aryl methyl sites for hydroxylation is 1. The van der Waals surface area contributed by atoms with E-state index < -0.39 is 21.6 Å². The molecule has 7 heteroatoms. The molecule has 1 amide bonds. The van der Waals surface area contributed by atoms with Gasteiger partial charge in [0.2, 0.25) is 0 Å². The summed E-state index contributed by atoms with van der Waals surface area (Å²) >= 11 is 0. The summed E-state index contributed by atoms with van der Waals surface area (Å²) < 4.78 is 42.6. The van der Waals surface area contributed by atoms with Crippen LogP contribution in [-0.4, -0.2) is 34.2 Å². The summed E-state index contributed by atoms with van der Waals surface area (Å²) in [4.78, 5) is 14.5. The van der Waals surface area contributed by atoms with E-state index in [1.807, 2.05) is 0 Å². The van der Waals surface area contributed by atoms with Crippen molar-refractivity contribution in [2.24, 2.45) is 0 Å². The van der Waals surface area contributed by atoms with Crippen molar-refractivity contribution in [3.63, 3.8) is 0 Å². The second-order valence-electron chi connectivity index (χ2n) is 5.97. The fraction of sp³-hybridized carbons (Fsp3) is 0.278. The van der Waals surface area contributed by atoms with Gasteiger partial charge in [-0.05, 0) is 48.7 Å². The highest BCUT2D eigenvalue weighted by Crippen LogP contribution is 2.31. The molecule has 0 radical (unpaired) electrons. The van der Waals surface area contributed by atoms with Gasteiger partial charge in [-0.25, -0.2) is 12.8 Å². The molecule has 0 unspecified atom stereocenters. The third-order valence-electron chi connectivity index (χ3n) is 4.25. The van der Waals surface area contributed by atoms with E-state index in [0.717, 1.165) is 11.8 Å². The van der Waals surface area contributed by atoms with Crippen molar-refractivity contribution < 1.29 is 22.3 Å². The quantitative estimate of drug-likeness (QED) is 0.841. The molecule has 2 aromatic carbocycles. The van der Waals surface area contributed by atoms with E-state index >= 15 is 0 Å². The number of benzene rings is 2. The van der Waals surface area contributed by atoms with Crippen molar-refractivity contribution >= 4 is 21.4 Å². The normalized spacial score (nSPS) is 14.1. The fourth-order valence-corrected chi connectivity index (χ4v) is 3.63. The first-order valence-corrected chi connectivity index (χ1v) is 9.69. The first kappa shape index (κ1) is 17.4. The molecule has 0 atom stereocenters. The van der Waals surface area contributed by atoms with E-state index in [0.29, 0.717) is 30.8 Å². The first-order valence-electron chi connectivity index (χ1n) is 7.79. The number of nitrogens with zero attached hydrogens (tertiary/aromatic N) is 1. The minimum atomic E-state index is -3.32. The molecule has 0 bridgehead atoms. The monoisotopic (exact) mass is 363 g/mol. The number of hydrogen-bond donors (Lipinski definition) is 0. The van der Waals surface area contributed by atoms with Crippen LogP contribution in [0, 0.1) is 5.82 Å². The number of hydrogen-bond acceptors (Lipinski definition) is 4. The van der Waals surface area contributed by atoms with Crippen molar-refractivity contribution in [3.05, 3.63) is 53.3 Å². The van der Waals surface area contributed by atoms with E-state index in [-0.39, 0.29) is 10.5 Å². The summed E-state index contributed by atoms with van der Waals surface area (Å²) in [7, 11) is -1.89. The lowest BCUT2D eigenvalue weighted by atomic mass is 10.0. The zero-order valence-corrected chi connectivity index (χ0v) is 14.8. The number of rotatable bonds is 3. The SMILES string of the molecule is COc1ccc(C(=O)N2CCCc3cc(S(C)(=O)=O)ccc32)c(F)c1. The summed E-state index contributed by atoms with van der Waals surface area (Å²) in [6, 6.07) is 8.79. The standard InChI is InChI=1S/C18H18FNO4S/c1-24-13-5-7-15(16(19)11-13)18(21)20-9-3-4-12-10-14(25(2,22)23)6-8-17(12)20/h5-8,10-11H,3-4,9H2,1-2H3. The summed E-state index contributed by atoms with van der Waals surface area (Å²) in [5.41, 5.74) is 1.36. The predicted octanol–water partition coefficient (Wildman–Crippen LogP) is 2.83. The molecule has 132 valence electrons. The summed E-state index contributed by atoms with van der Waals surface area (Å²) in [5, 5.41) is 0. The van der Waals surface area contributed by atoms with Gasteiger partial charge in [-0.1, -0.05) is 0 Å². The summed E-state index contributed by atoms with van der Waals surface area (Å²) in [6.07, 6.45) is 2.50. The van der Waals surface area contributed by atoms with Gasteiger partial charge in [-0.3, -0.25) is 4.79 Å². The van der Waals surface area contributed by atoms with Crippen LogP contribution in [0.1, 0.15) is 22.3 Å². The molecule has 0 aliphatic carbocycles. The van der Waals surface area contributed by atoms with Gasteiger partial charge >= 0.3 is 0 Å². The predicted molar refractivity (Wildman–Crippen MR) is 92.5 cm³/mol. The number of sulfone groups is 1. The molecule has 0 fully saturated rings. The zero-order chi connectivity index (χ0) is 18.2. The molecule has 1 aliphatic heterocycles. The Hall–Kier alpha value is -2.41. The highest BCUT2D eigenvalue weighted by Gasteiger charge is 2.26. The molecule has 25 heavy (non-hydrogen) atoms. The lowest BCUT2D eigenvalue weighted by Crippen LogP contribution is -2.36. The van der Waals surface area contributed by atoms with Crippen molar-refractivity contribution in [2.45, 2.75) is 17.7 Å². The van der Waals surface area contributed by atoms with Crippen LogP contribution >= 0.6 is 0 Å². The van der Waals surface area contributed by atoms with E-state index in [9.17, 15) is 17.6 Å². The third-order valence-corrected chi connectivity index (χ3v) is 5.36. The molecule has 2 aromatic rings. The molecule has 5 nitrogen and oxygen atoms in total. The fourth-order valence-electron chi connectivity index (χ4n) is 2.96. The molecule has 0 saturated carbocycles. The lowest BCUT2D eigenvalue weighted by Gasteiger charge is -2.30. The largest absolute Gasteiger partial charge is 0.497 e. The van der Waals surface area contributed by atoms with Gasteiger partial charge < -0.3 is 9.64 Å². The van der Waals surface area contributed by atoms with Crippen molar-refractivity contribution in [1.29, 1.82) is 0 Å². The van der Waals surface area contributed by atoms with Gasteiger partial charge in [-0.15, -0.1) is 0 Å². The minimum absolute atomic E-state index is 0.0409. The van der Waals surface area contributed by atoms with Gasteiger partial charge in [0, 0.05) is 24.6 Å². The van der Waals surface area contributed by atoms with Crippen LogP contribution in [0.4, 0.5) is 10.1 Å². The number of methoxy groups -OCH3 is 1. The number of anilines is 1. The zero-order valence-electron chi connectivity index (χ0n) is 14.0. The van der Waals surface area contributed by atoms with Crippen molar-refractivity contribution in [2.75, 3.05) is 24.8 Å². The number of fused-ring (bicyclic) bond motifs is 1. The highest BCUT2D eigenvalue weighted by atomic mass is 32.2. The topological polar surface area (TPSA) is 63.7 Å². The molecular formula is C18H18FNO4S.